The highest BCUT2D eigenvalue weighted by Gasteiger charge is 2.34. The Morgan fingerprint density at radius 3 is 2.04 bits per heavy atom. The molecule has 0 bridgehead atoms. The average molecular weight is 671 g/mol. The van der Waals surface area contributed by atoms with Crippen molar-refractivity contribution in [1.82, 2.24) is 20.6 Å². The van der Waals surface area contributed by atoms with E-state index in [1.807, 2.05) is 48.5 Å². The molecule has 0 radical (unpaired) electrons. The van der Waals surface area contributed by atoms with E-state index in [1.54, 1.807) is 12.4 Å². The fourth-order valence-corrected chi connectivity index (χ4v) is 6.39. The summed E-state index contributed by atoms with van der Waals surface area (Å²) in [4.78, 5) is 47.1. The lowest BCUT2D eigenvalue weighted by Gasteiger charge is -2.36. The number of benzene rings is 2. The number of carboxylic acid groups (broad SMARTS) is 1. The number of carboxylic acids is 1. The molecule has 1 saturated carbocycles. The third-order valence-corrected chi connectivity index (χ3v) is 9.69. The summed E-state index contributed by atoms with van der Waals surface area (Å²) in [5.74, 6) is 0.0236. The molecule has 9 heteroatoms. The topological polar surface area (TPSA) is 131 Å². The maximum atomic E-state index is 13.3. The summed E-state index contributed by atoms with van der Waals surface area (Å²) < 4.78 is 5.89. The molecule has 0 saturated heterocycles. The quantitative estimate of drug-likeness (QED) is 0.134. The van der Waals surface area contributed by atoms with Crippen LogP contribution < -0.4 is 15.4 Å². The van der Waals surface area contributed by atoms with Crippen LogP contribution >= 0.6 is 0 Å². The van der Waals surface area contributed by atoms with Crippen molar-refractivity contribution < 1.29 is 24.2 Å². The molecule has 2 atom stereocenters. The monoisotopic (exact) mass is 670 g/mol. The van der Waals surface area contributed by atoms with E-state index in [4.69, 9.17) is 4.74 Å². The summed E-state index contributed by atoms with van der Waals surface area (Å²) in [6.07, 6.45) is 13.4. The lowest BCUT2D eigenvalue weighted by molar-refractivity contribution is -0.141. The van der Waals surface area contributed by atoms with Crippen molar-refractivity contribution in [3.05, 3.63) is 66.5 Å². The van der Waals surface area contributed by atoms with Gasteiger partial charge in [0.05, 0.1) is 6.61 Å². The molecule has 1 aliphatic carbocycles. The number of nitrogens with one attached hydrogen (secondary N) is 2. The second kappa shape index (κ2) is 17.9. The van der Waals surface area contributed by atoms with E-state index in [0.717, 1.165) is 66.7 Å². The van der Waals surface area contributed by atoms with Gasteiger partial charge in [0, 0.05) is 35.9 Å². The van der Waals surface area contributed by atoms with E-state index < -0.39 is 24.0 Å². The number of amides is 2. The number of rotatable bonds is 16. The van der Waals surface area contributed by atoms with Crippen molar-refractivity contribution in [2.45, 2.75) is 111 Å². The minimum absolute atomic E-state index is 0.152. The number of hydrogen-bond acceptors (Lipinski definition) is 6. The number of carbonyl (C=O) groups is 3. The number of hydrogen-bond donors (Lipinski definition) is 3. The number of aromatic nitrogens is 2. The zero-order chi connectivity index (χ0) is 35.4. The summed E-state index contributed by atoms with van der Waals surface area (Å²) >= 11 is 0. The normalized spacial score (nSPS) is 17.5. The van der Waals surface area contributed by atoms with Gasteiger partial charge in [0.2, 0.25) is 11.8 Å². The highest BCUT2D eigenvalue weighted by Crippen LogP contribution is 2.40. The second-order valence-corrected chi connectivity index (χ2v) is 14.5. The number of carbonyl (C=O) groups excluding carboxylic acids is 2. The predicted molar refractivity (Wildman–Crippen MR) is 193 cm³/mol. The second-order valence-electron chi connectivity index (χ2n) is 14.5. The Morgan fingerprint density at radius 2 is 1.45 bits per heavy atom. The van der Waals surface area contributed by atoms with Crippen LogP contribution in [0.5, 0.6) is 5.75 Å². The lowest BCUT2D eigenvalue weighted by Crippen LogP contribution is -2.53. The molecule has 1 aliphatic rings. The molecule has 9 nitrogen and oxygen atoms in total. The van der Waals surface area contributed by atoms with Crippen LogP contribution in [-0.2, 0) is 20.8 Å². The van der Waals surface area contributed by atoms with Crippen molar-refractivity contribution in [1.29, 1.82) is 0 Å². The Morgan fingerprint density at radius 1 is 0.837 bits per heavy atom. The van der Waals surface area contributed by atoms with Gasteiger partial charge in [-0.15, -0.1) is 0 Å². The average Bonchev–Trinajstić information content (AvgIpc) is 3.09. The number of aliphatic carboxylic acids is 1. The van der Waals surface area contributed by atoms with Gasteiger partial charge in [-0.1, -0.05) is 89.8 Å². The van der Waals surface area contributed by atoms with Crippen molar-refractivity contribution in [2.75, 3.05) is 6.61 Å². The van der Waals surface area contributed by atoms with E-state index in [-0.39, 0.29) is 23.7 Å². The Labute approximate surface area is 291 Å². The van der Waals surface area contributed by atoms with Gasteiger partial charge >= 0.3 is 5.97 Å². The van der Waals surface area contributed by atoms with Crippen LogP contribution in [0.15, 0.2) is 60.9 Å². The molecule has 1 fully saturated rings. The van der Waals surface area contributed by atoms with Crippen LogP contribution in [0.3, 0.4) is 0 Å². The number of nitrogens with zero attached hydrogens (tertiary/aromatic N) is 2. The Balaban J connectivity index is 1.36. The van der Waals surface area contributed by atoms with Crippen LogP contribution in [0.25, 0.3) is 22.5 Å². The van der Waals surface area contributed by atoms with Crippen LogP contribution in [0.2, 0.25) is 0 Å². The fourth-order valence-electron chi connectivity index (χ4n) is 6.39. The largest absolute Gasteiger partial charge is 0.494 e. The SMILES string of the molecule is CCCCCCCOc1ccc(-c2cnc(-c3ccc(CC(NC(=O)C4CCC(C(C)(C)C)CC4)C(=O)NC(C)C(=O)O)cc3)nc2)cc1. The molecule has 0 aliphatic heterocycles. The van der Waals surface area contributed by atoms with E-state index in [0.29, 0.717) is 11.7 Å². The first-order valence-electron chi connectivity index (χ1n) is 17.9. The molecule has 2 amide bonds. The van der Waals surface area contributed by atoms with E-state index in [1.165, 1.54) is 32.6 Å². The summed E-state index contributed by atoms with van der Waals surface area (Å²) in [5.41, 5.74) is 3.74. The molecular weight excluding hydrogens is 616 g/mol. The molecule has 0 spiro atoms. The van der Waals surface area contributed by atoms with Crippen molar-refractivity contribution >= 4 is 17.8 Å². The minimum atomic E-state index is -1.14. The van der Waals surface area contributed by atoms with Crippen LogP contribution in [0, 0.1) is 17.3 Å². The Bertz CT molecular complexity index is 1490. The Hall–Kier alpha value is -4.27. The molecule has 3 N–H and O–H groups in total. The van der Waals surface area contributed by atoms with Crippen LogP contribution in [0.1, 0.15) is 98.0 Å². The van der Waals surface area contributed by atoms with Gasteiger partial charge in [0.15, 0.2) is 5.82 Å². The minimum Gasteiger partial charge on any atom is -0.494 e. The van der Waals surface area contributed by atoms with E-state index in [2.05, 4.69) is 48.3 Å². The van der Waals surface area contributed by atoms with Gasteiger partial charge in [-0.2, -0.15) is 0 Å². The van der Waals surface area contributed by atoms with Crippen molar-refractivity contribution in [3.8, 4) is 28.3 Å². The smallest absolute Gasteiger partial charge is 0.325 e. The highest BCUT2D eigenvalue weighted by atomic mass is 16.5. The predicted octanol–water partition coefficient (Wildman–Crippen LogP) is 7.63. The fraction of sp³-hybridized carbons (Fsp3) is 0.525. The van der Waals surface area contributed by atoms with Gasteiger partial charge in [-0.3, -0.25) is 14.4 Å². The third kappa shape index (κ3) is 11.4. The lowest BCUT2D eigenvalue weighted by atomic mass is 9.69. The molecular formula is C40H54N4O5. The standard InChI is InChI=1S/C40H54N4O5/c1-6-7-8-9-10-23-49-34-21-17-29(18-22-34)32-25-41-36(42-26-32)30-13-11-28(12-14-30)24-35(38(46)43-27(2)39(47)48)44-37(45)31-15-19-33(20-16-31)40(3,4)5/h11-14,17-18,21-22,25-27,31,33,35H,6-10,15-16,19-20,23-24H2,1-5H3,(H,43,46)(H,44,45)(H,47,48). The summed E-state index contributed by atoms with van der Waals surface area (Å²) in [6.45, 7) is 11.1. The maximum absolute atomic E-state index is 13.3. The Kier molecular flexibility index (Phi) is 13.7. The first-order valence-corrected chi connectivity index (χ1v) is 17.9. The molecule has 4 rings (SSSR count). The number of unbranched alkanes of at least 4 members (excludes halogenated alkanes) is 4. The van der Waals surface area contributed by atoms with Crippen molar-refractivity contribution in [2.24, 2.45) is 17.3 Å². The van der Waals surface area contributed by atoms with Crippen molar-refractivity contribution in [3.63, 3.8) is 0 Å². The molecule has 2 aromatic carbocycles. The maximum Gasteiger partial charge on any atom is 0.325 e. The van der Waals surface area contributed by atoms with Crippen LogP contribution in [-0.4, -0.2) is 51.5 Å². The zero-order valence-corrected chi connectivity index (χ0v) is 29.8. The molecule has 3 aromatic rings. The highest BCUT2D eigenvalue weighted by molar-refractivity contribution is 5.91. The summed E-state index contributed by atoms with van der Waals surface area (Å²) in [6, 6.07) is 13.6. The summed E-state index contributed by atoms with van der Waals surface area (Å²) in [7, 11) is 0. The van der Waals surface area contributed by atoms with Gasteiger partial charge in [0.1, 0.15) is 17.8 Å². The van der Waals surface area contributed by atoms with Crippen LogP contribution in [0.4, 0.5) is 0 Å². The van der Waals surface area contributed by atoms with E-state index >= 15 is 0 Å². The molecule has 1 aromatic heterocycles. The first kappa shape index (κ1) is 37.5. The number of ether oxygens (including phenoxy) is 1. The van der Waals surface area contributed by atoms with E-state index in [9.17, 15) is 19.5 Å². The van der Waals surface area contributed by atoms with Gasteiger partial charge < -0.3 is 20.5 Å². The van der Waals surface area contributed by atoms with Gasteiger partial charge in [0.25, 0.3) is 0 Å². The first-order chi connectivity index (χ1) is 23.4. The van der Waals surface area contributed by atoms with Gasteiger partial charge in [-0.25, -0.2) is 9.97 Å². The molecule has 49 heavy (non-hydrogen) atoms. The summed E-state index contributed by atoms with van der Waals surface area (Å²) in [5, 5.41) is 14.8. The third-order valence-electron chi connectivity index (χ3n) is 9.69. The van der Waals surface area contributed by atoms with Gasteiger partial charge in [-0.05, 0) is 73.6 Å². The molecule has 1 heterocycles. The molecule has 264 valence electrons. The molecule has 2 unspecified atom stereocenters. The zero-order valence-electron chi connectivity index (χ0n) is 29.8.